The highest BCUT2D eigenvalue weighted by molar-refractivity contribution is 5.66. The molecule has 74 valence electrons. The number of nitrogens with zero attached hydrogens (tertiary/aromatic N) is 2. The Kier molecular flexibility index (Phi) is 1.88. The molecule has 2 aromatic heterocycles. The van der Waals surface area contributed by atoms with Crippen molar-refractivity contribution in [1.82, 2.24) is 9.97 Å². The van der Waals surface area contributed by atoms with Crippen molar-refractivity contribution >= 4 is 5.82 Å². The van der Waals surface area contributed by atoms with Gasteiger partial charge in [0.05, 0.1) is 0 Å². The average Bonchev–Trinajstić information content (AvgIpc) is 2.77. The van der Waals surface area contributed by atoms with Gasteiger partial charge in [-0.3, -0.25) is 4.98 Å². The van der Waals surface area contributed by atoms with Gasteiger partial charge in [-0.25, -0.2) is 4.98 Å². The normalized spacial score (nSPS) is 13.3. The molecule has 0 saturated carbocycles. The van der Waals surface area contributed by atoms with Gasteiger partial charge in [0.2, 0.25) is 0 Å². The third kappa shape index (κ3) is 1.46. The molecule has 0 aliphatic carbocycles. The van der Waals surface area contributed by atoms with Crippen LogP contribution in [-0.2, 0) is 6.42 Å². The maximum Gasteiger partial charge on any atom is 0.129 e. The molecule has 2 aromatic rings. The van der Waals surface area contributed by atoms with E-state index in [0.29, 0.717) is 0 Å². The Morgan fingerprint density at radius 1 is 1.13 bits per heavy atom. The predicted octanol–water partition coefficient (Wildman–Crippen LogP) is 2.11. The first-order valence-corrected chi connectivity index (χ1v) is 5.07. The molecule has 3 heterocycles. The third-order valence-electron chi connectivity index (χ3n) is 2.67. The highest BCUT2D eigenvalue weighted by atomic mass is 15.0. The lowest BCUT2D eigenvalue weighted by Crippen LogP contribution is -1.92. The van der Waals surface area contributed by atoms with Gasteiger partial charge in [0, 0.05) is 30.7 Å². The fourth-order valence-corrected chi connectivity index (χ4v) is 1.88. The molecule has 1 aliphatic rings. The molecule has 15 heavy (non-hydrogen) atoms. The summed E-state index contributed by atoms with van der Waals surface area (Å²) in [6.07, 6.45) is 6.59. The van der Waals surface area contributed by atoms with Gasteiger partial charge in [-0.05, 0) is 35.7 Å². The van der Waals surface area contributed by atoms with Crippen molar-refractivity contribution in [3.8, 4) is 11.1 Å². The number of pyridine rings is 2. The zero-order valence-electron chi connectivity index (χ0n) is 8.27. The van der Waals surface area contributed by atoms with Crippen LogP contribution < -0.4 is 5.32 Å². The quantitative estimate of drug-likeness (QED) is 0.760. The summed E-state index contributed by atoms with van der Waals surface area (Å²) in [5.74, 6) is 1.04. The van der Waals surface area contributed by atoms with Gasteiger partial charge < -0.3 is 5.32 Å². The van der Waals surface area contributed by atoms with E-state index in [4.69, 9.17) is 0 Å². The second kappa shape index (κ2) is 3.35. The van der Waals surface area contributed by atoms with Crippen LogP contribution in [0.5, 0.6) is 0 Å². The second-order valence-corrected chi connectivity index (χ2v) is 3.64. The second-order valence-electron chi connectivity index (χ2n) is 3.64. The standard InChI is InChI=1S/C12H11N3/c1-4-13-5-2-9(1)11-7-10-3-6-14-12(10)15-8-11/h1-2,4-5,7-8H,3,6H2,(H,14,15). The summed E-state index contributed by atoms with van der Waals surface area (Å²) in [4.78, 5) is 8.41. The predicted molar refractivity (Wildman–Crippen MR) is 59.7 cm³/mol. The monoisotopic (exact) mass is 197 g/mol. The smallest absolute Gasteiger partial charge is 0.129 e. The van der Waals surface area contributed by atoms with Gasteiger partial charge in [-0.2, -0.15) is 0 Å². The van der Waals surface area contributed by atoms with Crippen molar-refractivity contribution in [2.75, 3.05) is 11.9 Å². The highest BCUT2D eigenvalue weighted by Gasteiger charge is 2.11. The fraction of sp³-hybridized carbons (Fsp3) is 0.167. The van der Waals surface area contributed by atoms with Crippen LogP contribution in [-0.4, -0.2) is 16.5 Å². The minimum atomic E-state index is 1.00. The van der Waals surface area contributed by atoms with E-state index in [1.165, 1.54) is 16.7 Å². The van der Waals surface area contributed by atoms with Gasteiger partial charge in [0.25, 0.3) is 0 Å². The third-order valence-corrected chi connectivity index (χ3v) is 2.67. The van der Waals surface area contributed by atoms with Crippen molar-refractivity contribution in [2.24, 2.45) is 0 Å². The fourth-order valence-electron chi connectivity index (χ4n) is 1.88. The van der Waals surface area contributed by atoms with Crippen LogP contribution >= 0.6 is 0 Å². The lowest BCUT2D eigenvalue weighted by atomic mass is 10.1. The van der Waals surface area contributed by atoms with Crippen molar-refractivity contribution in [3.05, 3.63) is 42.4 Å². The molecule has 1 N–H and O–H groups in total. The Morgan fingerprint density at radius 3 is 2.87 bits per heavy atom. The lowest BCUT2D eigenvalue weighted by Gasteiger charge is -2.03. The van der Waals surface area contributed by atoms with Crippen molar-refractivity contribution < 1.29 is 0 Å². The molecule has 0 saturated heterocycles. The molecule has 3 nitrogen and oxygen atoms in total. The Balaban J connectivity index is 2.07. The molecule has 0 radical (unpaired) electrons. The molecule has 1 aliphatic heterocycles. The SMILES string of the molecule is c1cc(-c2cnc3c(c2)CCN3)ccn1. The van der Waals surface area contributed by atoms with Crippen molar-refractivity contribution in [1.29, 1.82) is 0 Å². The van der Waals surface area contributed by atoms with Crippen LogP contribution in [0, 0.1) is 0 Å². The zero-order valence-corrected chi connectivity index (χ0v) is 8.27. The Morgan fingerprint density at radius 2 is 2.00 bits per heavy atom. The first kappa shape index (κ1) is 8.41. The van der Waals surface area contributed by atoms with Gasteiger partial charge >= 0.3 is 0 Å². The highest BCUT2D eigenvalue weighted by Crippen LogP contribution is 2.25. The van der Waals surface area contributed by atoms with Gasteiger partial charge in [0.15, 0.2) is 0 Å². The molecule has 0 unspecified atom stereocenters. The number of hydrogen-bond acceptors (Lipinski definition) is 3. The molecule has 3 heteroatoms. The largest absolute Gasteiger partial charge is 0.370 e. The first-order valence-electron chi connectivity index (χ1n) is 5.07. The Bertz CT molecular complexity index is 479. The van der Waals surface area contributed by atoms with Crippen molar-refractivity contribution in [3.63, 3.8) is 0 Å². The number of rotatable bonds is 1. The summed E-state index contributed by atoms with van der Waals surface area (Å²) < 4.78 is 0. The van der Waals surface area contributed by atoms with Crippen LogP contribution in [0.3, 0.4) is 0 Å². The minimum Gasteiger partial charge on any atom is -0.370 e. The zero-order chi connectivity index (χ0) is 10.1. The number of hydrogen-bond donors (Lipinski definition) is 1. The maximum absolute atomic E-state index is 4.40. The van der Waals surface area contributed by atoms with Crippen LogP contribution in [0.4, 0.5) is 5.82 Å². The van der Waals surface area contributed by atoms with Crippen LogP contribution in [0.2, 0.25) is 0 Å². The summed E-state index contributed by atoms with van der Waals surface area (Å²) in [6.45, 7) is 1.00. The van der Waals surface area contributed by atoms with Crippen LogP contribution in [0.15, 0.2) is 36.8 Å². The molecule has 0 bridgehead atoms. The Labute approximate surface area is 88.2 Å². The molecular formula is C12H11N3. The molecule has 3 rings (SSSR count). The molecule has 0 amide bonds. The number of fused-ring (bicyclic) bond motifs is 1. The van der Waals surface area contributed by atoms with E-state index < -0.39 is 0 Å². The molecule has 0 fully saturated rings. The molecule has 0 aromatic carbocycles. The minimum absolute atomic E-state index is 1.00. The van der Waals surface area contributed by atoms with E-state index in [1.54, 1.807) is 12.4 Å². The van der Waals surface area contributed by atoms with E-state index in [9.17, 15) is 0 Å². The van der Waals surface area contributed by atoms with Gasteiger partial charge in [0.1, 0.15) is 5.82 Å². The number of nitrogens with one attached hydrogen (secondary N) is 1. The van der Waals surface area contributed by atoms with Crippen LogP contribution in [0.1, 0.15) is 5.56 Å². The van der Waals surface area contributed by atoms with Gasteiger partial charge in [-0.1, -0.05) is 0 Å². The van der Waals surface area contributed by atoms with Crippen LogP contribution in [0.25, 0.3) is 11.1 Å². The topological polar surface area (TPSA) is 37.8 Å². The maximum atomic E-state index is 4.40. The van der Waals surface area contributed by atoms with Gasteiger partial charge in [-0.15, -0.1) is 0 Å². The summed E-state index contributed by atoms with van der Waals surface area (Å²) in [5, 5.41) is 3.26. The molecule has 0 spiro atoms. The summed E-state index contributed by atoms with van der Waals surface area (Å²) >= 11 is 0. The number of anilines is 1. The lowest BCUT2D eigenvalue weighted by molar-refractivity contribution is 1.11. The molecular weight excluding hydrogens is 186 g/mol. The first-order chi connectivity index (χ1) is 7.43. The van der Waals surface area contributed by atoms with E-state index >= 15 is 0 Å². The van der Waals surface area contributed by atoms with E-state index in [0.717, 1.165) is 18.8 Å². The summed E-state index contributed by atoms with van der Waals surface area (Å²) in [5.41, 5.74) is 3.65. The number of aromatic nitrogens is 2. The molecule has 0 atom stereocenters. The van der Waals surface area contributed by atoms with E-state index in [1.807, 2.05) is 18.3 Å². The Hall–Kier alpha value is -1.90. The van der Waals surface area contributed by atoms with E-state index in [-0.39, 0.29) is 0 Å². The summed E-state index contributed by atoms with van der Waals surface area (Å²) in [6, 6.07) is 6.22. The van der Waals surface area contributed by atoms with E-state index in [2.05, 4.69) is 21.4 Å². The summed E-state index contributed by atoms with van der Waals surface area (Å²) in [7, 11) is 0. The van der Waals surface area contributed by atoms with Crippen molar-refractivity contribution in [2.45, 2.75) is 6.42 Å². The average molecular weight is 197 g/mol.